The van der Waals surface area contributed by atoms with E-state index in [1.54, 1.807) is 55.6 Å². The number of nitrogens with one attached hydrogen (secondary N) is 3. The summed E-state index contributed by atoms with van der Waals surface area (Å²) in [4.78, 5) is 15.7. The van der Waals surface area contributed by atoms with E-state index in [4.69, 9.17) is 17.3 Å². The maximum Gasteiger partial charge on any atom is 0.323 e. The first kappa shape index (κ1) is 15.7. The second kappa shape index (κ2) is 7.33. The van der Waals surface area contributed by atoms with Crippen LogP contribution in [0.15, 0.2) is 53.5 Å². The van der Waals surface area contributed by atoms with Crippen LogP contribution in [0.2, 0.25) is 5.02 Å². The molecule has 114 valence electrons. The van der Waals surface area contributed by atoms with Crippen molar-refractivity contribution in [3.05, 3.63) is 53.6 Å². The Hall–Kier alpha value is -2.73. The Labute approximate surface area is 133 Å². The number of amides is 2. The van der Waals surface area contributed by atoms with Gasteiger partial charge >= 0.3 is 6.03 Å². The van der Waals surface area contributed by atoms with E-state index in [2.05, 4.69) is 20.9 Å². The van der Waals surface area contributed by atoms with Crippen LogP contribution in [0.5, 0.6) is 0 Å². The molecule has 0 aromatic heterocycles. The van der Waals surface area contributed by atoms with Gasteiger partial charge in [-0.15, -0.1) is 0 Å². The third-order valence-electron chi connectivity index (χ3n) is 2.78. The zero-order valence-corrected chi connectivity index (χ0v) is 12.7. The Kier molecular flexibility index (Phi) is 5.21. The molecule has 0 heterocycles. The van der Waals surface area contributed by atoms with Gasteiger partial charge in [0.05, 0.1) is 10.7 Å². The van der Waals surface area contributed by atoms with Crippen molar-refractivity contribution in [2.75, 3.05) is 23.0 Å². The maximum atomic E-state index is 11.9. The summed E-state index contributed by atoms with van der Waals surface area (Å²) in [7, 11) is 1.59. The summed E-state index contributed by atoms with van der Waals surface area (Å²) in [6.45, 7) is 0. The highest BCUT2D eigenvalue weighted by Gasteiger charge is 2.05. The lowest BCUT2D eigenvalue weighted by Gasteiger charge is -2.10. The smallest absolute Gasteiger partial charge is 0.323 e. The third-order valence-corrected chi connectivity index (χ3v) is 3.11. The first-order valence-corrected chi connectivity index (χ1v) is 6.88. The quantitative estimate of drug-likeness (QED) is 0.517. The van der Waals surface area contributed by atoms with E-state index >= 15 is 0 Å². The summed E-state index contributed by atoms with van der Waals surface area (Å²) < 4.78 is 0. The first-order chi connectivity index (χ1) is 10.6. The lowest BCUT2D eigenvalue weighted by Crippen LogP contribution is -2.22. The number of urea groups is 1. The lowest BCUT2D eigenvalue weighted by atomic mass is 10.3. The Balaban J connectivity index is 1.96. The molecule has 0 spiro atoms. The van der Waals surface area contributed by atoms with Gasteiger partial charge in [0.25, 0.3) is 0 Å². The van der Waals surface area contributed by atoms with Crippen molar-refractivity contribution in [1.82, 2.24) is 0 Å². The molecule has 2 rings (SSSR count). The fraction of sp³-hybridized carbons (Fsp3) is 0.0667. The summed E-state index contributed by atoms with van der Waals surface area (Å²) in [5.41, 5.74) is 7.54. The highest BCUT2D eigenvalue weighted by molar-refractivity contribution is 6.33. The van der Waals surface area contributed by atoms with E-state index in [9.17, 15) is 4.79 Å². The fourth-order valence-electron chi connectivity index (χ4n) is 1.69. The van der Waals surface area contributed by atoms with Gasteiger partial charge in [0.1, 0.15) is 0 Å². The average molecular weight is 318 g/mol. The SMILES string of the molecule is CN=C(N)Nc1ccc(NC(=O)Nc2ccccc2Cl)cc1. The molecule has 0 radical (unpaired) electrons. The summed E-state index contributed by atoms with van der Waals surface area (Å²) in [5.74, 6) is 0.317. The summed E-state index contributed by atoms with van der Waals surface area (Å²) in [5, 5.41) is 8.77. The van der Waals surface area contributed by atoms with Crippen LogP contribution in [0.3, 0.4) is 0 Å². The van der Waals surface area contributed by atoms with Crippen molar-refractivity contribution in [2.45, 2.75) is 0 Å². The Morgan fingerprint density at radius 2 is 1.59 bits per heavy atom. The van der Waals surface area contributed by atoms with Crippen LogP contribution >= 0.6 is 11.6 Å². The molecule has 0 unspecified atom stereocenters. The van der Waals surface area contributed by atoms with Crippen LogP contribution in [0.25, 0.3) is 0 Å². The highest BCUT2D eigenvalue weighted by Crippen LogP contribution is 2.21. The van der Waals surface area contributed by atoms with E-state index in [1.165, 1.54) is 0 Å². The van der Waals surface area contributed by atoms with E-state index in [1.807, 2.05) is 0 Å². The minimum Gasteiger partial charge on any atom is -0.370 e. The minimum absolute atomic E-state index is 0.317. The number of halogens is 1. The Morgan fingerprint density at radius 1 is 1.00 bits per heavy atom. The molecule has 6 nitrogen and oxygen atoms in total. The number of hydrogen-bond acceptors (Lipinski definition) is 2. The molecule has 0 saturated heterocycles. The number of rotatable bonds is 3. The number of anilines is 3. The molecule has 5 N–H and O–H groups in total. The molecule has 22 heavy (non-hydrogen) atoms. The van der Waals surface area contributed by atoms with Crippen LogP contribution < -0.4 is 21.7 Å². The van der Waals surface area contributed by atoms with Gasteiger partial charge in [-0.25, -0.2) is 4.79 Å². The topological polar surface area (TPSA) is 91.5 Å². The maximum absolute atomic E-state index is 11.9. The molecule has 2 aromatic carbocycles. The van der Waals surface area contributed by atoms with Crippen LogP contribution in [0.1, 0.15) is 0 Å². The monoisotopic (exact) mass is 317 g/mol. The number of hydrogen-bond donors (Lipinski definition) is 4. The van der Waals surface area contributed by atoms with Crippen molar-refractivity contribution in [2.24, 2.45) is 10.7 Å². The number of carbonyl (C=O) groups excluding carboxylic acids is 1. The van der Waals surface area contributed by atoms with Gasteiger partial charge in [-0.1, -0.05) is 23.7 Å². The number of nitrogens with zero attached hydrogens (tertiary/aromatic N) is 1. The number of guanidine groups is 1. The van der Waals surface area contributed by atoms with E-state index < -0.39 is 0 Å². The number of para-hydroxylation sites is 1. The number of carbonyl (C=O) groups is 1. The zero-order valence-electron chi connectivity index (χ0n) is 11.9. The predicted molar refractivity (Wildman–Crippen MR) is 91.7 cm³/mol. The molecule has 7 heteroatoms. The Morgan fingerprint density at radius 3 is 2.18 bits per heavy atom. The number of aliphatic imine (C=N–C) groups is 1. The molecule has 0 atom stereocenters. The third kappa shape index (κ3) is 4.39. The molecular formula is C15H16ClN5O. The molecular weight excluding hydrogens is 302 g/mol. The summed E-state index contributed by atoms with van der Waals surface area (Å²) >= 11 is 5.98. The van der Waals surface area contributed by atoms with E-state index in [-0.39, 0.29) is 6.03 Å². The largest absolute Gasteiger partial charge is 0.370 e. The Bertz CT molecular complexity index is 685. The average Bonchev–Trinajstić information content (AvgIpc) is 2.51. The van der Waals surface area contributed by atoms with Crippen LogP contribution in [0, 0.1) is 0 Å². The van der Waals surface area contributed by atoms with Crippen molar-refractivity contribution < 1.29 is 4.79 Å². The highest BCUT2D eigenvalue weighted by atomic mass is 35.5. The fourth-order valence-corrected chi connectivity index (χ4v) is 1.87. The summed E-state index contributed by atoms with van der Waals surface area (Å²) in [6.07, 6.45) is 0. The minimum atomic E-state index is -0.372. The van der Waals surface area contributed by atoms with Gasteiger partial charge in [-0.3, -0.25) is 4.99 Å². The number of benzene rings is 2. The second-order valence-electron chi connectivity index (χ2n) is 4.37. The summed E-state index contributed by atoms with van der Waals surface area (Å²) in [6, 6.07) is 13.7. The van der Waals surface area contributed by atoms with E-state index in [0.717, 1.165) is 5.69 Å². The van der Waals surface area contributed by atoms with Gasteiger partial charge in [-0.05, 0) is 36.4 Å². The van der Waals surface area contributed by atoms with Crippen molar-refractivity contribution >= 4 is 40.7 Å². The van der Waals surface area contributed by atoms with Gasteiger partial charge in [-0.2, -0.15) is 0 Å². The van der Waals surface area contributed by atoms with E-state index in [0.29, 0.717) is 22.4 Å². The molecule has 0 aliphatic rings. The molecule has 2 amide bonds. The van der Waals surface area contributed by atoms with Crippen LogP contribution in [0.4, 0.5) is 21.9 Å². The molecule has 0 saturated carbocycles. The lowest BCUT2D eigenvalue weighted by molar-refractivity contribution is 0.262. The second-order valence-corrected chi connectivity index (χ2v) is 4.78. The van der Waals surface area contributed by atoms with Crippen LogP contribution in [-0.2, 0) is 0 Å². The van der Waals surface area contributed by atoms with Gasteiger partial charge in [0.2, 0.25) is 0 Å². The van der Waals surface area contributed by atoms with Gasteiger partial charge < -0.3 is 21.7 Å². The van der Waals surface area contributed by atoms with Gasteiger partial charge in [0, 0.05) is 18.4 Å². The molecule has 0 aliphatic carbocycles. The molecule has 0 fully saturated rings. The van der Waals surface area contributed by atoms with Crippen molar-refractivity contribution in [3.8, 4) is 0 Å². The zero-order chi connectivity index (χ0) is 15.9. The van der Waals surface area contributed by atoms with Crippen LogP contribution in [-0.4, -0.2) is 19.0 Å². The first-order valence-electron chi connectivity index (χ1n) is 6.50. The molecule has 0 aliphatic heterocycles. The predicted octanol–water partition coefficient (Wildman–Crippen LogP) is 3.34. The van der Waals surface area contributed by atoms with Crippen molar-refractivity contribution in [1.29, 1.82) is 0 Å². The molecule has 0 bridgehead atoms. The number of nitrogens with two attached hydrogens (primary N) is 1. The van der Waals surface area contributed by atoms with Crippen molar-refractivity contribution in [3.63, 3.8) is 0 Å². The standard InChI is InChI=1S/C15H16ClN5O/c1-18-14(17)19-10-6-8-11(9-7-10)20-15(22)21-13-5-3-2-4-12(13)16/h2-9H,1H3,(H3,17,18,19)(H2,20,21,22). The van der Waals surface area contributed by atoms with Gasteiger partial charge in [0.15, 0.2) is 5.96 Å². The molecule has 2 aromatic rings. The normalized spacial score (nSPS) is 10.9.